The summed E-state index contributed by atoms with van der Waals surface area (Å²) in [7, 11) is 0. The van der Waals surface area contributed by atoms with Gasteiger partial charge in [0, 0.05) is 18.2 Å². The van der Waals surface area contributed by atoms with Crippen molar-refractivity contribution in [1.29, 1.82) is 0 Å². The Morgan fingerprint density at radius 1 is 1.35 bits per heavy atom. The molecule has 0 aliphatic rings. The molecule has 0 aromatic heterocycles. The Morgan fingerprint density at radius 2 is 2.00 bits per heavy atom. The number of benzene rings is 1. The predicted molar refractivity (Wildman–Crippen MR) is 75.7 cm³/mol. The second kappa shape index (κ2) is 6.88. The molecule has 1 aromatic carbocycles. The van der Waals surface area contributed by atoms with E-state index in [2.05, 4.69) is 5.32 Å². The molecule has 0 atom stereocenters. The number of hydrogen-bond acceptors (Lipinski definition) is 4. The van der Waals surface area contributed by atoms with E-state index in [1.54, 1.807) is 39.0 Å². The Kier molecular flexibility index (Phi) is 5.49. The van der Waals surface area contributed by atoms with Gasteiger partial charge in [0.05, 0.1) is 4.92 Å². The molecule has 1 aromatic rings. The number of nitrogens with zero attached hydrogens (tertiary/aromatic N) is 1. The molecule has 0 spiro atoms. The van der Waals surface area contributed by atoms with Gasteiger partial charge in [-0.25, -0.2) is 4.79 Å². The summed E-state index contributed by atoms with van der Waals surface area (Å²) >= 11 is 0. The second-order valence-electron chi connectivity index (χ2n) is 5.42. The summed E-state index contributed by atoms with van der Waals surface area (Å²) in [6, 6.07) is 6.62. The van der Waals surface area contributed by atoms with Crippen LogP contribution in [0.3, 0.4) is 0 Å². The number of rotatable bonds is 5. The van der Waals surface area contributed by atoms with Crippen molar-refractivity contribution in [3.8, 4) is 0 Å². The molecule has 0 heterocycles. The summed E-state index contributed by atoms with van der Waals surface area (Å²) in [5.41, 5.74) is 0.260. The van der Waals surface area contributed by atoms with Crippen molar-refractivity contribution in [1.82, 2.24) is 5.32 Å². The zero-order valence-electron chi connectivity index (χ0n) is 12.0. The molecule has 0 fully saturated rings. The van der Waals surface area contributed by atoms with Crippen molar-refractivity contribution in [2.75, 3.05) is 6.54 Å². The zero-order valence-corrected chi connectivity index (χ0v) is 12.0. The first-order chi connectivity index (χ1) is 9.29. The van der Waals surface area contributed by atoms with E-state index in [1.165, 1.54) is 6.07 Å². The van der Waals surface area contributed by atoms with Gasteiger partial charge in [0.2, 0.25) is 0 Å². The lowest BCUT2D eigenvalue weighted by atomic mass is 10.1. The third-order valence-electron chi connectivity index (χ3n) is 2.48. The van der Waals surface area contributed by atoms with Crippen molar-refractivity contribution in [2.45, 2.75) is 39.2 Å². The maximum atomic E-state index is 11.4. The van der Waals surface area contributed by atoms with Gasteiger partial charge < -0.3 is 10.1 Å². The molecule has 0 aliphatic carbocycles. The van der Waals surface area contributed by atoms with Gasteiger partial charge in [-0.3, -0.25) is 10.1 Å². The molecule has 1 N–H and O–H groups in total. The average Bonchev–Trinajstić information content (AvgIpc) is 2.33. The van der Waals surface area contributed by atoms with Crippen molar-refractivity contribution in [2.24, 2.45) is 0 Å². The molecule has 6 heteroatoms. The monoisotopic (exact) mass is 280 g/mol. The summed E-state index contributed by atoms with van der Waals surface area (Å²) in [6.45, 7) is 5.79. The number of hydrogen-bond donors (Lipinski definition) is 1. The highest BCUT2D eigenvalue weighted by molar-refractivity contribution is 5.67. The van der Waals surface area contributed by atoms with E-state index in [4.69, 9.17) is 4.74 Å². The van der Waals surface area contributed by atoms with E-state index in [9.17, 15) is 14.9 Å². The second-order valence-corrected chi connectivity index (χ2v) is 5.42. The number of nitro groups is 1. The highest BCUT2D eigenvalue weighted by Gasteiger charge is 2.16. The van der Waals surface area contributed by atoms with Crippen LogP contribution in [0.4, 0.5) is 10.5 Å². The first-order valence-electron chi connectivity index (χ1n) is 6.49. The average molecular weight is 280 g/mol. The van der Waals surface area contributed by atoms with E-state index < -0.39 is 16.6 Å². The maximum absolute atomic E-state index is 11.4. The maximum Gasteiger partial charge on any atom is 0.407 e. The number of carbonyl (C=O) groups excluding carboxylic acids is 1. The predicted octanol–water partition coefficient (Wildman–Crippen LogP) is 3.05. The Bertz CT molecular complexity index is 480. The minimum Gasteiger partial charge on any atom is -0.444 e. The molecule has 0 radical (unpaired) electrons. The van der Waals surface area contributed by atoms with Crippen LogP contribution in [0.25, 0.3) is 0 Å². The van der Waals surface area contributed by atoms with Gasteiger partial charge in [0.15, 0.2) is 0 Å². The van der Waals surface area contributed by atoms with Gasteiger partial charge in [0.25, 0.3) is 5.69 Å². The fraction of sp³-hybridized carbons (Fsp3) is 0.500. The number of nitrogens with one attached hydrogen (secondary N) is 1. The molecule has 0 saturated heterocycles. The molecule has 6 nitrogen and oxygen atoms in total. The van der Waals surface area contributed by atoms with E-state index in [0.29, 0.717) is 24.9 Å². The number of ether oxygens (including phenoxy) is 1. The third-order valence-corrected chi connectivity index (χ3v) is 2.48. The van der Waals surface area contributed by atoms with Gasteiger partial charge in [-0.05, 0) is 33.6 Å². The highest BCUT2D eigenvalue weighted by Crippen LogP contribution is 2.18. The summed E-state index contributed by atoms with van der Waals surface area (Å²) in [5, 5.41) is 13.5. The van der Waals surface area contributed by atoms with E-state index >= 15 is 0 Å². The molecule has 0 unspecified atom stereocenters. The number of para-hydroxylation sites is 1. The van der Waals surface area contributed by atoms with E-state index in [0.717, 1.165) is 0 Å². The smallest absolute Gasteiger partial charge is 0.407 e. The van der Waals surface area contributed by atoms with Gasteiger partial charge in [0.1, 0.15) is 5.60 Å². The fourth-order valence-electron chi connectivity index (χ4n) is 1.68. The van der Waals surface area contributed by atoms with Gasteiger partial charge in [-0.2, -0.15) is 0 Å². The van der Waals surface area contributed by atoms with Crippen LogP contribution in [0, 0.1) is 10.1 Å². The number of aryl methyl sites for hydroxylation is 1. The first-order valence-corrected chi connectivity index (χ1v) is 6.49. The summed E-state index contributed by atoms with van der Waals surface area (Å²) in [5.74, 6) is 0. The van der Waals surface area contributed by atoms with Gasteiger partial charge in [-0.15, -0.1) is 0 Å². The van der Waals surface area contributed by atoms with Crippen molar-refractivity contribution in [3.63, 3.8) is 0 Å². The molecule has 0 aliphatic heterocycles. The summed E-state index contributed by atoms with van der Waals surface area (Å²) in [4.78, 5) is 21.8. The number of carbonyl (C=O) groups is 1. The molecular formula is C14H20N2O4. The Labute approximate surface area is 118 Å². The zero-order chi connectivity index (χ0) is 15.2. The van der Waals surface area contributed by atoms with Crippen molar-refractivity contribution < 1.29 is 14.5 Å². The van der Waals surface area contributed by atoms with Crippen LogP contribution in [-0.2, 0) is 11.2 Å². The third kappa shape index (κ3) is 5.69. The molecule has 110 valence electrons. The molecule has 0 saturated carbocycles. The van der Waals surface area contributed by atoms with Crippen LogP contribution in [0.15, 0.2) is 24.3 Å². The SMILES string of the molecule is CC(C)(C)OC(=O)NCCCc1ccccc1[N+](=O)[O-]. The van der Waals surface area contributed by atoms with Crippen molar-refractivity contribution >= 4 is 11.8 Å². The van der Waals surface area contributed by atoms with Crippen LogP contribution in [0.1, 0.15) is 32.8 Å². The topological polar surface area (TPSA) is 81.5 Å². The lowest BCUT2D eigenvalue weighted by Crippen LogP contribution is -2.33. The molecule has 1 amide bonds. The minimum atomic E-state index is -0.525. The number of nitro benzene ring substituents is 1. The lowest BCUT2D eigenvalue weighted by molar-refractivity contribution is -0.385. The standard InChI is InChI=1S/C14H20N2O4/c1-14(2,3)20-13(17)15-10-6-8-11-7-4-5-9-12(11)16(18)19/h4-5,7,9H,6,8,10H2,1-3H3,(H,15,17). The van der Waals surface area contributed by atoms with Gasteiger partial charge >= 0.3 is 6.09 Å². The fourth-order valence-corrected chi connectivity index (χ4v) is 1.68. The molecular weight excluding hydrogens is 260 g/mol. The molecule has 0 bridgehead atoms. The number of alkyl carbamates (subject to hydrolysis) is 1. The number of amides is 1. The normalized spacial score (nSPS) is 10.9. The molecule has 1 rings (SSSR count). The summed E-state index contributed by atoms with van der Waals surface area (Å²) < 4.78 is 5.09. The van der Waals surface area contributed by atoms with E-state index in [-0.39, 0.29) is 5.69 Å². The highest BCUT2D eigenvalue weighted by atomic mass is 16.6. The lowest BCUT2D eigenvalue weighted by Gasteiger charge is -2.19. The quantitative estimate of drug-likeness (QED) is 0.510. The summed E-state index contributed by atoms with van der Waals surface area (Å²) in [6.07, 6.45) is 0.678. The largest absolute Gasteiger partial charge is 0.444 e. The van der Waals surface area contributed by atoms with Crippen LogP contribution < -0.4 is 5.32 Å². The Balaban J connectivity index is 2.39. The van der Waals surface area contributed by atoms with Crippen molar-refractivity contribution in [3.05, 3.63) is 39.9 Å². The Hall–Kier alpha value is -2.11. The van der Waals surface area contributed by atoms with Gasteiger partial charge in [-0.1, -0.05) is 18.2 Å². The van der Waals surface area contributed by atoms with Crippen LogP contribution in [0.2, 0.25) is 0 Å². The van der Waals surface area contributed by atoms with Crippen LogP contribution in [0.5, 0.6) is 0 Å². The Morgan fingerprint density at radius 3 is 2.60 bits per heavy atom. The van der Waals surface area contributed by atoms with Crippen LogP contribution in [-0.4, -0.2) is 23.2 Å². The molecule has 20 heavy (non-hydrogen) atoms. The van der Waals surface area contributed by atoms with E-state index in [1.807, 2.05) is 0 Å². The minimum absolute atomic E-state index is 0.116. The first kappa shape index (κ1) is 15.9. The van der Waals surface area contributed by atoms with Crippen LogP contribution >= 0.6 is 0 Å².